The summed E-state index contributed by atoms with van der Waals surface area (Å²) in [5.41, 5.74) is 6.25. The van der Waals surface area contributed by atoms with Gasteiger partial charge in [0.2, 0.25) is 5.91 Å². The lowest BCUT2D eigenvalue weighted by Crippen LogP contribution is -2.25. The summed E-state index contributed by atoms with van der Waals surface area (Å²) in [5, 5.41) is 13.2. The van der Waals surface area contributed by atoms with Crippen LogP contribution in [0.1, 0.15) is 47.3 Å². The largest absolute Gasteiger partial charge is 0.462 e. The number of anilines is 1. The van der Waals surface area contributed by atoms with Crippen molar-refractivity contribution in [2.45, 2.75) is 51.4 Å². The summed E-state index contributed by atoms with van der Waals surface area (Å²) in [7, 11) is 0. The van der Waals surface area contributed by atoms with Gasteiger partial charge in [-0.25, -0.2) is 4.79 Å². The van der Waals surface area contributed by atoms with E-state index in [1.165, 1.54) is 17.3 Å². The van der Waals surface area contributed by atoms with E-state index in [2.05, 4.69) is 48.4 Å². The number of nitrogens with zero attached hydrogens (tertiary/aromatic N) is 3. The van der Waals surface area contributed by atoms with Crippen LogP contribution in [0.25, 0.3) is 16.6 Å². The van der Waals surface area contributed by atoms with Crippen LogP contribution in [0.5, 0.6) is 0 Å². The lowest BCUT2D eigenvalue weighted by Gasteiger charge is -2.16. The maximum absolute atomic E-state index is 13.1. The van der Waals surface area contributed by atoms with Crippen molar-refractivity contribution in [1.82, 2.24) is 14.6 Å². The van der Waals surface area contributed by atoms with Crippen LogP contribution in [-0.2, 0) is 9.53 Å². The number of carbonyl (C=O) groups excluding carboxylic acids is 2. The Bertz CT molecular complexity index is 1400. The minimum atomic E-state index is -0.414. The number of hydrogen-bond acceptors (Lipinski definition) is 6. The molecule has 4 rings (SSSR count). The molecule has 8 heteroatoms. The van der Waals surface area contributed by atoms with Crippen molar-refractivity contribution in [3.8, 4) is 0 Å². The molecule has 1 unspecified atom stereocenters. The fourth-order valence-electron chi connectivity index (χ4n) is 4.10. The Morgan fingerprint density at radius 2 is 1.85 bits per heavy atom. The van der Waals surface area contributed by atoms with Crippen LogP contribution in [0.3, 0.4) is 0 Å². The second-order valence-corrected chi connectivity index (χ2v) is 9.46. The molecule has 0 aliphatic heterocycles. The third kappa shape index (κ3) is 4.63. The summed E-state index contributed by atoms with van der Waals surface area (Å²) in [6, 6.07) is 13.1. The maximum atomic E-state index is 13.1. The molecule has 0 aliphatic rings. The molecule has 0 aliphatic carbocycles. The van der Waals surface area contributed by atoms with Crippen LogP contribution in [0.4, 0.5) is 5.69 Å². The molecular weight excluding hydrogens is 448 g/mol. The Hall–Kier alpha value is -3.39. The summed E-state index contributed by atoms with van der Waals surface area (Å²) in [6.07, 6.45) is 0.602. The smallest absolute Gasteiger partial charge is 0.338 e. The molecule has 4 aromatic rings. The van der Waals surface area contributed by atoms with Gasteiger partial charge in [0.15, 0.2) is 10.8 Å². The quantitative estimate of drug-likeness (QED) is 0.280. The van der Waals surface area contributed by atoms with Crippen LogP contribution in [0.2, 0.25) is 0 Å². The first-order chi connectivity index (χ1) is 16.3. The number of hydrogen-bond donors (Lipinski definition) is 1. The molecule has 0 bridgehead atoms. The first kappa shape index (κ1) is 23.8. The number of aromatic nitrogens is 3. The maximum Gasteiger partial charge on any atom is 0.338 e. The number of aryl methyl sites for hydroxylation is 3. The average Bonchev–Trinajstić information content (AvgIpc) is 3.19. The fourth-order valence-corrected chi connectivity index (χ4v) is 5.07. The number of rotatable bonds is 7. The molecular formula is C26H28N4O3S. The van der Waals surface area contributed by atoms with Crippen molar-refractivity contribution < 1.29 is 14.3 Å². The van der Waals surface area contributed by atoms with Gasteiger partial charge in [-0.15, -0.1) is 10.2 Å². The number of benzene rings is 2. The van der Waals surface area contributed by atoms with Crippen LogP contribution in [0, 0.1) is 20.8 Å². The van der Waals surface area contributed by atoms with Gasteiger partial charge in [0.1, 0.15) is 0 Å². The highest BCUT2D eigenvalue weighted by atomic mass is 32.2. The number of nitrogens with one attached hydrogen (secondary N) is 1. The first-order valence-corrected chi connectivity index (χ1v) is 12.2. The molecule has 34 heavy (non-hydrogen) atoms. The van der Waals surface area contributed by atoms with Crippen LogP contribution < -0.4 is 5.32 Å². The molecule has 7 nitrogen and oxygen atoms in total. The molecule has 0 saturated heterocycles. The number of pyridine rings is 1. The molecule has 0 saturated carbocycles. The van der Waals surface area contributed by atoms with E-state index >= 15 is 0 Å². The molecule has 1 N–H and O–H groups in total. The summed E-state index contributed by atoms with van der Waals surface area (Å²) in [4.78, 5) is 25.2. The predicted octanol–water partition coefficient (Wildman–Crippen LogP) is 5.49. The summed E-state index contributed by atoms with van der Waals surface area (Å²) in [5.74, 6) is -0.572. The number of ether oxygens (including phenoxy) is 1. The van der Waals surface area contributed by atoms with E-state index in [1.807, 2.05) is 17.4 Å². The van der Waals surface area contributed by atoms with Gasteiger partial charge in [-0.1, -0.05) is 36.4 Å². The van der Waals surface area contributed by atoms with Crippen LogP contribution in [-0.4, -0.2) is 38.3 Å². The van der Waals surface area contributed by atoms with E-state index in [0.717, 1.165) is 27.7 Å². The van der Waals surface area contributed by atoms with Crippen LogP contribution >= 0.6 is 11.8 Å². The molecule has 1 atom stereocenters. The number of fused-ring (bicyclic) bond motifs is 3. The second kappa shape index (κ2) is 9.85. The molecule has 0 fully saturated rings. The van der Waals surface area contributed by atoms with E-state index in [-0.39, 0.29) is 11.2 Å². The van der Waals surface area contributed by atoms with Gasteiger partial charge in [-0.05, 0) is 75.6 Å². The predicted molar refractivity (Wildman–Crippen MR) is 136 cm³/mol. The van der Waals surface area contributed by atoms with E-state index < -0.39 is 5.97 Å². The van der Waals surface area contributed by atoms with E-state index in [4.69, 9.17) is 4.74 Å². The Labute approximate surface area is 202 Å². The molecule has 0 spiro atoms. The Kier molecular flexibility index (Phi) is 6.88. The van der Waals surface area contributed by atoms with Crippen molar-refractivity contribution in [1.29, 1.82) is 0 Å². The normalized spacial score (nSPS) is 12.1. The average molecular weight is 477 g/mol. The minimum absolute atomic E-state index is 0.158. The molecule has 1 amide bonds. The molecule has 0 radical (unpaired) electrons. The molecule has 2 aromatic heterocycles. The SMILES string of the molecule is CCOC(=O)c1cccc(NC(=O)C(CC)Sc2nnc3cc(C)c4cc(C)cc(C)c4n23)c1. The van der Waals surface area contributed by atoms with Gasteiger partial charge in [-0.2, -0.15) is 0 Å². The van der Waals surface area contributed by atoms with Crippen molar-refractivity contribution in [3.63, 3.8) is 0 Å². The second-order valence-electron chi connectivity index (χ2n) is 8.29. The molecule has 2 heterocycles. The van der Waals surface area contributed by atoms with Gasteiger partial charge < -0.3 is 10.1 Å². The number of thioether (sulfide) groups is 1. The van der Waals surface area contributed by atoms with Crippen molar-refractivity contribution in [3.05, 3.63) is 64.7 Å². The number of amides is 1. The summed E-state index contributed by atoms with van der Waals surface area (Å²) in [6.45, 7) is 10.3. The lowest BCUT2D eigenvalue weighted by molar-refractivity contribution is -0.115. The fraction of sp³-hybridized carbons (Fsp3) is 0.308. The zero-order valence-electron chi connectivity index (χ0n) is 20.0. The van der Waals surface area contributed by atoms with E-state index in [1.54, 1.807) is 31.2 Å². The molecule has 2 aromatic carbocycles. The Morgan fingerprint density at radius 1 is 1.06 bits per heavy atom. The monoisotopic (exact) mass is 476 g/mol. The van der Waals surface area contributed by atoms with Gasteiger partial charge in [0, 0.05) is 11.1 Å². The van der Waals surface area contributed by atoms with Gasteiger partial charge in [-0.3, -0.25) is 9.20 Å². The first-order valence-electron chi connectivity index (χ1n) is 11.3. The zero-order valence-corrected chi connectivity index (χ0v) is 20.8. The number of carbonyl (C=O) groups is 2. The van der Waals surface area contributed by atoms with Gasteiger partial charge in [0.05, 0.1) is 22.9 Å². The third-order valence-electron chi connectivity index (χ3n) is 5.65. The standard InChI is InChI=1S/C26H28N4O3S/c1-6-21(24(31)27-19-10-8-9-18(14-19)25(32)33-7-2)34-26-29-28-22-13-16(4)20-12-15(3)11-17(5)23(20)30(22)26/h8-14,21H,6-7H2,1-5H3,(H,27,31). The highest BCUT2D eigenvalue weighted by molar-refractivity contribution is 8.00. The van der Waals surface area contributed by atoms with Crippen molar-refractivity contribution >= 4 is 45.9 Å². The zero-order chi connectivity index (χ0) is 24.4. The van der Waals surface area contributed by atoms with Crippen molar-refractivity contribution in [2.75, 3.05) is 11.9 Å². The highest BCUT2D eigenvalue weighted by Crippen LogP contribution is 2.31. The minimum Gasteiger partial charge on any atom is -0.462 e. The Balaban J connectivity index is 1.64. The van der Waals surface area contributed by atoms with Gasteiger partial charge in [0.25, 0.3) is 0 Å². The Morgan fingerprint density at radius 3 is 2.59 bits per heavy atom. The van der Waals surface area contributed by atoms with Crippen molar-refractivity contribution in [2.24, 2.45) is 0 Å². The highest BCUT2D eigenvalue weighted by Gasteiger charge is 2.23. The lowest BCUT2D eigenvalue weighted by atomic mass is 10.0. The van der Waals surface area contributed by atoms with Gasteiger partial charge >= 0.3 is 5.97 Å². The third-order valence-corrected chi connectivity index (χ3v) is 6.96. The van der Waals surface area contributed by atoms with E-state index in [0.29, 0.717) is 29.4 Å². The summed E-state index contributed by atoms with van der Waals surface area (Å²) >= 11 is 1.39. The molecule has 176 valence electrons. The number of esters is 1. The van der Waals surface area contributed by atoms with E-state index in [9.17, 15) is 9.59 Å². The summed E-state index contributed by atoms with van der Waals surface area (Å²) < 4.78 is 7.10. The topological polar surface area (TPSA) is 85.6 Å². The van der Waals surface area contributed by atoms with Crippen LogP contribution in [0.15, 0.2) is 47.6 Å².